The van der Waals surface area contributed by atoms with Crippen molar-refractivity contribution in [2.75, 3.05) is 17.6 Å². The number of piperidine rings is 1. The summed E-state index contributed by atoms with van der Waals surface area (Å²) >= 11 is 0. The number of aryl methyl sites for hydroxylation is 2. The van der Waals surface area contributed by atoms with Crippen molar-refractivity contribution in [2.24, 2.45) is 5.92 Å². The topological polar surface area (TPSA) is 117 Å². The van der Waals surface area contributed by atoms with Gasteiger partial charge in [-0.25, -0.2) is 4.98 Å². The van der Waals surface area contributed by atoms with Crippen LogP contribution in [0.3, 0.4) is 0 Å². The number of nitrogens with one attached hydrogen (secondary N) is 2. The Labute approximate surface area is 174 Å². The zero-order valence-electron chi connectivity index (χ0n) is 17.4. The summed E-state index contributed by atoms with van der Waals surface area (Å²) in [5, 5.41) is 10.0. The zero-order chi connectivity index (χ0) is 21.4. The van der Waals surface area contributed by atoms with Crippen molar-refractivity contribution in [1.82, 2.24) is 20.1 Å². The molecule has 1 saturated heterocycles. The molecule has 30 heavy (non-hydrogen) atoms. The minimum absolute atomic E-state index is 0.115. The fraction of sp³-hybridized carbons (Fsp3) is 0.364. The second-order valence-corrected chi connectivity index (χ2v) is 8.17. The van der Waals surface area contributed by atoms with E-state index in [1.165, 1.54) is 23.5 Å². The van der Waals surface area contributed by atoms with Crippen LogP contribution in [0.2, 0.25) is 0 Å². The van der Waals surface area contributed by atoms with E-state index in [0.717, 1.165) is 18.4 Å². The number of pyridine rings is 1. The van der Waals surface area contributed by atoms with Crippen LogP contribution in [0.1, 0.15) is 42.5 Å². The first-order chi connectivity index (χ1) is 14.3. The van der Waals surface area contributed by atoms with Crippen LogP contribution in [0.15, 0.2) is 30.6 Å². The highest BCUT2D eigenvalue weighted by Crippen LogP contribution is 2.34. The normalized spacial score (nSPS) is 19.1. The lowest BCUT2D eigenvalue weighted by atomic mass is 9.88. The van der Waals surface area contributed by atoms with Crippen molar-refractivity contribution in [1.29, 1.82) is 0 Å². The first-order valence-electron chi connectivity index (χ1n) is 10.1. The number of carbonyl (C=O) groups is 2. The van der Waals surface area contributed by atoms with E-state index in [-0.39, 0.29) is 6.04 Å². The van der Waals surface area contributed by atoms with Gasteiger partial charge in [0.25, 0.3) is 0 Å². The highest BCUT2D eigenvalue weighted by atomic mass is 16.2. The summed E-state index contributed by atoms with van der Waals surface area (Å²) < 4.78 is 0. The number of aromatic nitrogens is 3. The molecule has 8 nitrogen and oxygen atoms in total. The number of amides is 2. The van der Waals surface area contributed by atoms with Crippen LogP contribution in [-0.4, -0.2) is 38.4 Å². The van der Waals surface area contributed by atoms with Crippen LogP contribution in [0.4, 0.5) is 11.5 Å². The molecular weight excluding hydrogens is 380 g/mol. The maximum Gasteiger partial charge on any atom is 0.314 e. The van der Waals surface area contributed by atoms with Crippen molar-refractivity contribution in [3.8, 4) is 0 Å². The maximum absolute atomic E-state index is 13.2. The van der Waals surface area contributed by atoms with Crippen molar-refractivity contribution in [3.05, 3.63) is 47.3 Å². The number of nitrogen functional groups attached to an aromatic ring is 1. The van der Waals surface area contributed by atoms with Gasteiger partial charge in [0.2, 0.25) is 0 Å². The largest absolute Gasteiger partial charge is 0.383 e. The Kier molecular flexibility index (Phi) is 5.15. The number of benzene rings is 1. The van der Waals surface area contributed by atoms with E-state index in [9.17, 15) is 9.59 Å². The molecule has 4 N–H and O–H groups in total. The summed E-state index contributed by atoms with van der Waals surface area (Å²) in [5.41, 5.74) is 10.2. The summed E-state index contributed by atoms with van der Waals surface area (Å²) in [4.78, 5) is 31.8. The molecule has 1 aliphatic heterocycles. The smallest absolute Gasteiger partial charge is 0.314 e. The Morgan fingerprint density at radius 3 is 2.77 bits per heavy atom. The molecule has 2 unspecified atom stereocenters. The summed E-state index contributed by atoms with van der Waals surface area (Å²) in [7, 11) is 0. The monoisotopic (exact) mass is 406 g/mol. The minimum atomic E-state index is -0.694. The summed E-state index contributed by atoms with van der Waals surface area (Å²) in [6.07, 6.45) is 4.81. The van der Waals surface area contributed by atoms with Crippen LogP contribution >= 0.6 is 0 Å². The molecular formula is C22H26N6O2. The fourth-order valence-electron chi connectivity index (χ4n) is 4.05. The van der Waals surface area contributed by atoms with Gasteiger partial charge in [0.15, 0.2) is 0 Å². The SMILES string of the molecule is Cc1ccc(C2CCC(C)CN2C(=O)C(=O)Nc2cnc(N)c3cn[nH]c23)cc1C. The Balaban J connectivity index is 1.60. The molecule has 0 aliphatic carbocycles. The van der Waals surface area contributed by atoms with Gasteiger partial charge in [0.1, 0.15) is 5.82 Å². The molecule has 3 heterocycles. The van der Waals surface area contributed by atoms with Crippen LogP contribution < -0.4 is 11.1 Å². The predicted octanol–water partition coefficient (Wildman–Crippen LogP) is 3.10. The number of nitrogens with two attached hydrogens (primary N) is 1. The molecule has 1 aromatic carbocycles. The van der Waals surface area contributed by atoms with Crippen LogP contribution in [0.5, 0.6) is 0 Å². The van der Waals surface area contributed by atoms with E-state index in [0.29, 0.717) is 34.9 Å². The van der Waals surface area contributed by atoms with Gasteiger partial charge in [-0.05, 0) is 49.3 Å². The Bertz CT molecular complexity index is 1120. The Hall–Kier alpha value is -3.42. The predicted molar refractivity (Wildman–Crippen MR) is 116 cm³/mol. The molecule has 8 heteroatoms. The molecule has 0 saturated carbocycles. The number of fused-ring (bicyclic) bond motifs is 1. The summed E-state index contributed by atoms with van der Waals surface area (Å²) in [6.45, 7) is 6.78. The molecule has 2 amide bonds. The van der Waals surface area contributed by atoms with E-state index >= 15 is 0 Å². The van der Waals surface area contributed by atoms with Gasteiger partial charge < -0.3 is 16.0 Å². The van der Waals surface area contributed by atoms with Gasteiger partial charge in [-0.15, -0.1) is 0 Å². The van der Waals surface area contributed by atoms with Crippen LogP contribution in [0, 0.1) is 19.8 Å². The van der Waals surface area contributed by atoms with E-state index in [2.05, 4.69) is 59.5 Å². The molecule has 0 bridgehead atoms. The third-order valence-electron chi connectivity index (χ3n) is 5.95. The first-order valence-corrected chi connectivity index (χ1v) is 10.1. The fourth-order valence-corrected chi connectivity index (χ4v) is 4.05. The molecule has 0 spiro atoms. The molecule has 1 aliphatic rings. The first kappa shape index (κ1) is 19.9. The molecule has 2 atom stereocenters. The number of aromatic amines is 1. The Morgan fingerprint density at radius 1 is 1.20 bits per heavy atom. The van der Waals surface area contributed by atoms with Gasteiger partial charge >= 0.3 is 11.8 Å². The number of likely N-dealkylation sites (tertiary alicyclic amines) is 1. The molecule has 2 aromatic heterocycles. The van der Waals surface area contributed by atoms with Gasteiger partial charge in [-0.2, -0.15) is 5.10 Å². The lowest BCUT2D eigenvalue weighted by molar-refractivity contribution is -0.146. The van der Waals surface area contributed by atoms with Crippen molar-refractivity contribution in [3.63, 3.8) is 0 Å². The quantitative estimate of drug-likeness (QED) is 0.565. The van der Waals surface area contributed by atoms with Gasteiger partial charge in [0.05, 0.1) is 35.0 Å². The van der Waals surface area contributed by atoms with Gasteiger partial charge in [-0.1, -0.05) is 25.1 Å². The standard InChI is InChI=1S/C22H26N6O2/c1-12-4-7-18(15-6-5-13(2)14(3)8-15)28(11-12)22(30)21(29)26-17-10-24-20(23)16-9-25-27-19(16)17/h5-6,8-10,12,18H,4,7,11H2,1-3H3,(H2,23,24)(H,25,27)(H,26,29). The number of rotatable bonds is 2. The van der Waals surface area contributed by atoms with Crippen molar-refractivity contribution >= 4 is 34.2 Å². The second-order valence-electron chi connectivity index (χ2n) is 8.17. The number of carbonyl (C=O) groups excluding carboxylic acids is 2. The Morgan fingerprint density at radius 2 is 2.00 bits per heavy atom. The summed E-state index contributed by atoms with van der Waals surface area (Å²) in [5.74, 6) is -0.598. The number of nitrogens with zero attached hydrogens (tertiary/aromatic N) is 3. The lowest BCUT2D eigenvalue weighted by Crippen LogP contribution is -2.46. The van der Waals surface area contributed by atoms with Gasteiger partial charge in [0, 0.05) is 6.54 Å². The number of hydrogen-bond donors (Lipinski definition) is 3. The second kappa shape index (κ2) is 7.78. The average molecular weight is 406 g/mol. The molecule has 4 rings (SSSR count). The lowest BCUT2D eigenvalue weighted by Gasteiger charge is -2.38. The van der Waals surface area contributed by atoms with Crippen LogP contribution in [0.25, 0.3) is 10.9 Å². The van der Waals surface area contributed by atoms with Crippen molar-refractivity contribution in [2.45, 2.75) is 39.7 Å². The van der Waals surface area contributed by atoms with Crippen molar-refractivity contribution < 1.29 is 9.59 Å². The average Bonchev–Trinajstić information content (AvgIpc) is 3.23. The third kappa shape index (κ3) is 3.60. The highest BCUT2D eigenvalue weighted by molar-refractivity contribution is 6.40. The van der Waals surface area contributed by atoms with Gasteiger partial charge in [-0.3, -0.25) is 14.7 Å². The highest BCUT2D eigenvalue weighted by Gasteiger charge is 2.34. The summed E-state index contributed by atoms with van der Waals surface area (Å²) in [6, 6.07) is 6.13. The third-order valence-corrected chi connectivity index (χ3v) is 5.95. The molecule has 1 fully saturated rings. The molecule has 156 valence electrons. The van der Waals surface area contributed by atoms with Crippen LogP contribution in [-0.2, 0) is 9.59 Å². The minimum Gasteiger partial charge on any atom is -0.383 e. The van der Waals surface area contributed by atoms with E-state index in [1.54, 1.807) is 4.90 Å². The number of H-pyrrole nitrogens is 1. The number of anilines is 2. The molecule has 3 aromatic rings. The molecule has 0 radical (unpaired) electrons. The van der Waals surface area contributed by atoms with E-state index < -0.39 is 11.8 Å². The maximum atomic E-state index is 13.2. The van der Waals surface area contributed by atoms with E-state index in [4.69, 9.17) is 5.73 Å². The zero-order valence-corrected chi connectivity index (χ0v) is 17.4. The van der Waals surface area contributed by atoms with E-state index in [1.807, 2.05) is 0 Å². The number of hydrogen-bond acceptors (Lipinski definition) is 5.